The minimum absolute atomic E-state index is 0.124. The van der Waals surface area contributed by atoms with Crippen LogP contribution in [0, 0.1) is 6.92 Å². The molecule has 1 aromatic carbocycles. The molecule has 5 rings (SSSR count). The SMILES string of the molecule is CC(=O)N1CCN(CCOc2n[nH]c3ccnc(Nc4ccc(Oc5ccc(C)nc5)c(Cl)c4)c23)CC1. The van der Waals surface area contributed by atoms with Gasteiger partial charge in [-0.3, -0.25) is 19.8 Å². The molecule has 0 spiro atoms. The van der Waals surface area contributed by atoms with Crippen LogP contribution in [0.1, 0.15) is 12.6 Å². The third-order valence-electron chi connectivity index (χ3n) is 6.21. The van der Waals surface area contributed by atoms with Crippen LogP contribution in [0.15, 0.2) is 48.8 Å². The Hall–Kier alpha value is -3.89. The predicted molar refractivity (Wildman–Crippen MR) is 142 cm³/mol. The van der Waals surface area contributed by atoms with E-state index in [1.165, 1.54) is 0 Å². The highest BCUT2D eigenvalue weighted by Gasteiger charge is 2.19. The molecule has 0 aliphatic carbocycles. The number of hydrogen-bond donors (Lipinski definition) is 2. The number of fused-ring (bicyclic) bond motifs is 1. The molecule has 3 aromatic heterocycles. The number of nitrogens with zero attached hydrogens (tertiary/aromatic N) is 5. The molecule has 1 aliphatic rings. The smallest absolute Gasteiger partial charge is 0.244 e. The molecule has 0 bridgehead atoms. The maximum absolute atomic E-state index is 11.5. The average molecular weight is 522 g/mol. The highest BCUT2D eigenvalue weighted by Crippen LogP contribution is 2.35. The van der Waals surface area contributed by atoms with Gasteiger partial charge in [0.15, 0.2) is 0 Å². The molecule has 11 heteroatoms. The second kappa shape index (κ2) is 11.0. The number of aryl methyl sites for hydroxylation is 1. The van der Waals surface area contributed by atoms with Crippen LogP contribution in [0.25, 0.3) is 10.9 Å². The Balaban J connectivity index is 1.24. The molecule has 0 unspecified atom stereocenters. The van der Waals surface area contributed by atoms with Gasteiger partial charge in [0.05, 0.1) is 16.7 Å². The number of anilines is 2. The second-order valence-corrected chi connectivity index (χ2v) is 9.22. The fourth-order valence-electron chi connectivity index (χ4n) is 4.14. The van der Waals surface area contributed by atoms with E-state index in [0.717, 1.165) is 55.0 Å². The largest absolute Gasteiger partial charge is 0.475 e. The summed E-state index contributed by atoms with van der Waals surface area (Å²) in [6.07, 6.45) is 3.36. The second-order valence-electron chi connectivity index (χ2n) is 8.81. The lowest BCUT2D eigenvalue weighted by Gasteiger charge is -2.33. The number of carbonyl (C=O) groups is 1. The quantitative estimate of drug-likeness (QED) is 0.351. The van der Waals surface area contributed by atoms with Crippen molar-refractivity contribution in [1.82, 2.24) is 30.0 Å². The van der Waals surface area contributed by atoms with E-state index in [2.05, 4.69) is 30.4 Å². The van der Waals surface area contributed by atoms with Crippen molar-refractivity contribution in [1.29, 1.82) is 0 Å². The van der Waals surface area contributed by atoms with Crippen molar-refractivity contribution in [3.8, 4) is 17.4 Å². The molecule has 1 amide bonds. The maximum atomic E-state index is 11.5. The summed E-state index contributed by atoms with van der Waals surface area (Å²) in [4.78, 5) is 24.4. The maximum Gasteiger partial charge on any atom is 0.244 e. The van der Waals surface area contributed by atoms with Crippen LogP contribution in [0.4, 0.5) is 11.5 Å². The van der Waals surface area contributed by atoms with Crippen molar-refractivity contribution in [2.75, 3.05) is 44.6 Å². The van der Waals surface area contributed by atoms with Crippen LogP contribution in [0.5, 0.6) is 17.4 Å². The first kappa shape index (κ1) is 24.8. The van der Waals surface area contributed by atoms with E-state index >= 15 is 0 Å². The molecule has 1 saturated heterocycles. The monoisotopic (exact) mass is 521 g/mol. The number of carbonyl (C=O) groups excluding carboxylic acids is 1. The van der Waals surface area contributed by atoms with Gasteiger partial charge in [0.25, 0.3) is 0 Å². The minimum Gasteiger partial charge on any atom is -0.475 e. The van der Waals surface area contributed by atoms with Crippen molar-refractivity contribution >= 4 is 39.9 Å². The lowest BCUT2D eigenvalue weighted by molar-refractivity contribution is -0.130. The van der Waals surface area contributed by atoms with E-state index in [9.17, 15) is 4.79 Å². The first-order chi connectivity index (χ1) is 18.0. The zero-order valence-corrected chi connectivity index (χ0v) is 21.5. The Labute approximate surface area is 219 Å². The number of pyridine rings is 2. The number of halogens is 1. The van der Waals surface area contributed by atoms with Crippen LogP contribution in [0.3, 0.4) is 0 Å². The molecule has 37 heavy (non-hydrogen) atoms. The number of rotatable bonds is 8. The van der Waals surface area contributed by atoms with Gasteiger partial charge in [0.2, 0.25) is 11.8 Å². The van der Waals surface area contributed by atoms with Crippen molar-refractivity contribution in [2.45, 2.75) is 13.8 Å². The molecule has 2 N–H and O–H groups in total. The van der Waals surface area contributed by atoms with Crippen molar-refractivity contribution in [3.05, 3.63) is 59.5 Å². The summed E-state index contributed by atoms with van der Waals surface area (Å²) < 4.78 is 11.9. The van der Waals surface area contributed by atoms with Crippen LogP contribution in [-0.2, 0) is 4.79 Å². The molecule has 0 atom stereocenters. The summed E-state index contributed by atoms with van der Waals surface area (Å²) in [5.41, 5.74) is 2.46. The number of hydrogen-bond acceptors (Lipinski definition) is 8. The molecule has 0 radical (unpaired) electrons. The van der Waals surface area contributed by atoms with Crippen LogP contribution in [0.2, 0.25) is 5.02 Å². The van der Waals surface area contributed by atoms with Crippen LogP contribution >= 0.6 is 11.6 Å². The number of ether oxygens (including phenoxy) is 2. The lowest BCUT2D eigenvalue weighted by Crippen LogP contribution is -2.48. The Bertz CT molecular complexity index is 1380. The Morgan fingerprint density at radius 3 is 2.70 bits per heavy atom. The number of nitrogens with one attached hydrogen (secondary N) is 2. The summed E-state index contributed by atoms with van der Waals surface area (Å²) in [6.45, 7) is 7.90. The molecule has 0 saturated carbocycles. The van der Waals surface area contributed by atoms with Gasteiger partial charge in [-0.25, -0.2) is 4.98 Å². The van der Waals surface area contributed by atoms with E-state index in [0.29, 0.717) is 34.8 Å². The third-order valence-corrected chi connectivity index (χ3v) is 6.51. The number of H-pyrrole nitrogens is 1. The summed E-state index contributed by atoms with van der Waals surface area (Å²) >= 11 is 6.50. The van der Waals surface area contributed by atoms with Crippen molar-refractivity contribution < 1.29 is 14.3 Å². The van der Waals surface area contributed by atoms with Crippen LogP contribution < -0.4 is 14.8 Å². The number of amides is 1. The Morgan fingerprint density at radius 1 is 1.14 bits per heavy atom. The highest BCUT2D eigenvalue weighted by molar-refractivity contribution is 6.32. The molecular formula is C26H28ClN7O3. The van der Waals surface area contributed by atoms with Crippen LogP contribution in [-0.4, -0.2) is 75.2 Å². The summed E-state index contributed by atoms with van der Waals surface area (Å²) in [7, 11) is 0. The minimum atomic E-state index is 0.124. The van der Waals surface area contributed by atoms with Gasteiger partial charge < -0.3 is 19.7 Å². The normalized spacial score (nSPS) is 14.1. The summed E-state index contributed by atoms with van der Waals surface area (Å²) in [5, 5.41) is 11.9. The molecule has 1 aliphatic heterocycles. The zero-order valence-electron chi connectivity index (χ0n) is 20.7. The van der Waals surface area contributed by atoms with E-state index in [1.54, 1.807) is 31.5 Å². The summed E-state index contributed by atoms with van der Waals surface area (Å²) in [5.74, 6) is 2.34. The van der Waals surface area contributed by atoms with Crippen molar-refractivity contribution in [2.24, 2.45) is 0 Å². The number of piperazine rings is 1. The standard InChI is InChI=1S/C26H28ClN7O3/c1-17-3-5-20(16-29-17)37-23-6-4-19(15-21(23)27)30-25-24-22(7-8-28-25)31-32-26(24)36-14-13-33-9-11-34(12-10-33)18(2)35/h3-8,15-16H,9-14H2,1-2H3,(H,28,30)(H,31,32). The van der Waals surface area contributed by atoms with E-state index < -0.39 is 0 Å². The van der Waals surface area contributed by atoms with Gasteiger partial charge in [0, 0.05) is 57.2 Å². The number of aromatic nitrogens is 4. The van der Waals surface area contributed by atoms with Crippen molar-refractivity contribution in [3.63, 3.8) is 0 Å². The van der Waals surface area contributed by atoms with E-state index in [1.807, 2.05) is 36.1 Å². The molecule has 1 fully saturated rings. The first-order valence-corrected chi connectivity index (χ1v) is 12.4. The third kappa shape index (κ3) is 5.92. The van der Waals surface area contributed by atoms with Gasteiger partial charge in [0.1, 0.15) is 29.3 Å². The Morgan fingerprint density at radius 2 is 1.97 bits per heavy atom. The summed E-state index contributed by atoms with van der Waals surface area (Å²) in [6, 6.07) is 11.0. The average Bonchev–Trinajstić information content (AvgIpc) is 3.31. The Kier molecular flexibility index (Phi) is 7.38. The molecular weight excluding hydrogens is 494 g/mol. The first-order valence-electron chi connectivity index (χ1n) is 12.1. The number of benzene rings is 1. The van der Waals surface area contributed by atoms with Gasteiger partial charge in [-0.15, -0.1) is 5.10 Å². The highest BCUT2D eigenvalue weighted by atomic mass is 35.5. The van der Waals surface area contributed by atoms with Gasteiger partial charge in [-0.2, -0.15) is 0 Å². The zero-order chi connectivity index (χ0) is 25.8. The van der Waals surface area contributed by atoms with Gasteiger partial charge >= 0.3 is 0 Å². The molecule has 10 nitrogen and oxygen atoms in total. The fraction of sp³-hybridized carbons (Fsp3) is 0.308. The molecule has 4 aromatic rings. The fourth-order valence-corrected chi connectivity index (χ4v) is 4.35. The van der Waals surface area contributed by atoms with E-state index in [4.69, 9.17) is 21.1 Å². The number of aromatic amines is 1. The predicted octanol–water partition coefficient (Wildman–Crippen LogP) is 4.39. The topological polar surface area (TPSA) is 108 Å². The molecule has 4 heterocycles. The van der Waals surface area contributed by atoms with Gasteiger partial charge in [-0.05, 0) is 43.3 Å². The van der Waals surface area contributed by atoms with E-state index in [-0.39, 0.29) is 5.91 Å². The van der Waals surface area contributed by atoms with Gasteiger partial charge in [-0.1, -0.05) is 11.6 Å². The molecule has 192 valence electrons. The lowest BCUT2D eigenvalue weighted by atomic mass is 10.2.